The highest BCUT2D eigenvalue weighted by molar-refractivity contribution is 7.89. The lowest BCUT2D eigenvalue weighted by molar-refractivity contribution is 0.0945. The summed E-state index contributed by atoms with van der Waals surface area (Å²) >= 11 is 0. The number of carbonyl (C=O) groups excluding carboxylic acids is 1. The topological polar surface area (TPSA) is 71.4 Å². The summed E-state index contributed by atoms with van der Waals surface area (Å²) in [6.45, 7) is 3.90. The van der Waals surface area contributed by atoms with Gasteiger partial charge >= 0.3 is 0 Å². The SMILES string of the molecule is CCCCCCNC(=O)c1cc(S(=O)(=O)N2CCCCC2)cn1C. The number of hydrogen-bond donors (Lipinski definition) is 1. The molecule has 0 atom stereocenters. The van der Waals surface area contributed by atoms with E-state index in [2.05, 4.69) is 12.2 Å². The number of nitrogens with one attached hydrogen (secondary N) is 1. The Hall–Kier alpha value is -1.34. The number of aromatic nitrogens is 1. The van der Waals surface area contributed by atoms with Gasteiger partial charge in [-0.25, -0.2) is 8.42 Å². The summed E-state index contributed by atoms with van der Waals surface area (Å²) in [5.41, 5.74) is 0.390. The Bertz CT molecular complexity index is 646. The van der Waals surface area contributed by atoms with Crippen molar-refractivity contribution >= 4 is 15.9 Å². The van der Waals surface area contributed by atoms with Crippen LogP contribution in [0.3, 0.4) is 0 Å². The number of rotatable bonds is 8. The summed E-state index contributed by atoms with van der Waals surface area (Å²) < 4.78 is 28.5. The van der Waals surface area contributed by atoms with Crippen LogP contribution in [-0.2, 0) is 17.1 Å². The van der Waals surface area contributed by atoms with E-state index in [4.69, 9.17) is 0 Å². The van der Waals surface area contributed by atoms with Crippen molar-refractivity contribution in [1.29, 1.82) is 0 Å². The molecule has 1 N–H and O–H groups in total. The fourth-order valence-corrected chi connectivity index (χ4v) is 4.59. The van der Waals surface area contributed by atoms with Gasteiger partial charge in [0.25, 0.3) is 5.91 Å². The molecule has 0 aromatic carbocycles. The highest BCUT2D eigenvalue weighted by atomic mass is 32.2. The van der Waals surface area contributed by atoms with Crippen LogP contribution in [0, 0.1) is 0 Å². The van der Waals surface area contributed by atoms with Gasteiger partial charge in [-0.3, -0.25) is 4.79 Å². The molecule has 1 amide bonds. The molecular weight excluding hydrogens is 326 g/mol. The quantitative estimate of drug-likeness (QED) is 0.728. The molecule has 6 nitrogen and oxygen atoms in total. The zero-order chi connectivity index (χ0) is 17.6. The predicted molar refractivity (Wildman–Crippen MR) is 94.5 cm³/mol. The van der Waals surface area contributed by atoms with E-state index in [1.165, 1.54) is 16.6 Å². The van der Waals surface area contributed by atoms with E-state index in [0.717, 1.165) is 44.9 Å². The fourth-order valence-electron chi connectivity index (χ4n) is 3.00. The average Bonchev–Trinajstić information content (AvgIpc) is 2.98. The van der Waals surface area contributed by atoms with Crippen LogP contribution in [0.5, 0.6) is 0 Å². The van der Waals surface area contributed by atoms with Gasteiger partial charge in [0.15, 0.2) is 0 Å². The first-order valence-corrected chi connectivity index (χ1v) is 10.4. The fraction of sp³-hybridized carbons (Fsp3) is 0.706. The van der Waals surface area contributed by atoms with Crippen molar-refractivity contribution in [2.45, 2.75) is 56.8 Å². The molecule has 0 bridgehead atoms. The second-order valence-corrected chi connectivity index (χ2v) is 8.39. The largest absolute Gasteiger partial charge is 0.351 e. The van der Waals surface area contributed by atoms with E-state index < -0.39 is 10.0 Å². The van der Waals surface area contributed by atoms with Crippen LogP contribution in [0.4, 0.5) is 0 Å². The zero-order valence-corrected chi connectivity index (χ0v) is 15.6. The highest BCUT2D eigenvalue weighted by Gasteiger charge is 2.28. The maximum atomic E-state index is 12.7. The molecule has 0 saturated carbocycles. The van der Waals surface area contributed by atoms with Crippen molar-refractivity contribution in [2.75, 3.05) is 19.6 Å². The molecule has 2 heterocycles. The Morgan fingerprint density at radius 3 is 2.54 bits per heavy atom. The smallest absolute Gasteiger partial charge is 0.267 e. The number of hydrogen-bond acceptors (Lipinski definition) is 3. The van der Waals surface area contributed by atoms with Crippen molar-refractivity contribution in [1.82, 2.24) is 14.2 Å². The maximum Gasteiger partial charge on any atom is 0.267 e. The highest BCUT2D eigenvalue weighted by Crippen LogP contribution is 2.22. The first-order valence-electron chi connectivity index (χ1n) is 8.91. The summed E-state index contributed by atoms with van der Waals surface area (Å²) in [4.78, 5) is 12.5. The lowest BCUT2D eigenvalue weighted by Gasteiger charge is -2.25. The van der Waals surface area contributed by atoms with Gasteiger partial charge in [-0.15, -0.1) is 0 Å². The van der Waals surface area contributed by atoms with Crippen LogP contribution >= 0.6 is 0 Å². The van der Waals surface area contributed by atoms with Crippen molar-refractivity contribution in [2.24, 2.45) is 7.05 Å². The number of aryl methyl sites for hydroxylation is 1. The number of nitrogens with zero attached hydrogens (tertiary/aromatic N) is 2. The van der Waals surface area contributed by atoms with Crippen molar-refractivity contribution < 1.29 is 13.2 Å². The van der Waals surface area contributed by atoms with E-state index in [-0.39, 0.29) is 10.8 Å². The van der Waals surface area contributed by atoms with Crippen LogP contribution in [0.2, 0.25) is 0 Å². The van der Waals surface area contributed by atoms with Crippen molar-refractivity contribution in [3.05, 3.63) is 18.0 Å². The summed E-state index contributed by atoms with van der Waals surface area (Å²) in [6.07, 6.45) is 8.78. The van der Waals surface area contributed by atoms with Gasteiger partial charge < -0.3 is 9.88 Å². The molecule has 2 rings (SSSR count). The van der Waals surface area contributed by atoms with Gasteiger partial charge in [0.1, 0.15) is 10.6 Å². The Kier molecular flexibility index (Phi) is 6.86. The van der Waals surface area contributed by atoms with Gasteiger partial charge in [0, 0.05) is 32.9 Å². The molecule has 1 aromatic rings. The zero-order valence-electron chi connectivity index (χ0n) is 14.8. The first kappa shape index (κ1) is 19.0. The predicted octanol–water partition coefficient (Wildman–Crippen LogP) is 2.51. The van der Waals surface area contributed by atoms with Gasteiger partial charge in [-0.05, 0) is 25.3 Å². The van der Waals surface area contributed by atoms with E-state index >= 15 is 0 Å². The molecule has 1 fully saturated rings. The number of amides is 1. The number of sulfonamides is 1. The van der Waals surface area contributed by atoms with E-state index in [9.17, 15) is 13.2 Å². The van der Waals surface area contributed by atoms with Gasteiger partial charge in [-0.1, -0.05) is 32.6 Å². The molecule has 24 heavy (non-hydrogen) atoms. The molecule has 0 radical (unpaired) electrons. The summed E-state index contributed by atoms with van der Waals surface area (Å²) in [5.74, 6) is -0.214. The van der Waals surface area contributed by atoms with Gasteiger partial charge in [0.05, 0.1) is 0 Å². The molecule has 0 unspecified atom stereocenters. The van der Waals surface area contributed by atoms with Crippen LogP contribution in [0.1, 0.15) is 62.4 Å². The monoisotopic (exact) mass is 355 g/mol. The van der Waals surface area contributed by atoms with Gasteiger partial charge in [0.2, 0.25) is 10.0 Å². The summed E-state index contributed by atoms with van der Waals surface area (Å²) in [7, 11) is -1.79. The second kappa shape index (κ2) is 8.67. The summed E-state index contributed by atoms with van der Waals surface area (Å²) in [5, 5.41) is 2.87. The molecule has 1 aliphatic heterocycles. The Labute approximate surface area is 145 Å². The second-order valence-electron chi connectivity index (χ2n) is 6.45. The molecule has 1 aliphatic rings. The van der Waals surface area contributed by atoms with E-state index in [1.54, 1.807) is 11.6 Å². The van der Waals surface area contributed by atoms with E-state index in [1.807, 2.05) is 0 Å². The Balaban J connectivity index is 2.02. The van der Waals surface area contributed by atoms with Crippen molar-refractivity contribution in [3.63, 3.8) is 0 Å². The molecule has 7 heteroatoms. The standard InChI is InChI=1S/C17H29N3O3S/c1-3-4-5-7-10-18-17(21)16-13-15(14-19(16)2)24(22,23)20-11-8-6-9-12-20/h13-14H,3-12H2,1-2H3,(H,18,21). The van der Waals surface area contributed by atoms with E-state index in [0.29, 0.717) is 25.3 Å². The van der Waals surface area contributed by atoms with Crippen molar-refractivity contribution in [3.8, 4) is 0 Å². The molecule has 1 aromatic heterocycles. The van der Waals surface area contributed by atoms with Crippen LogP contribution in [0.25, 0.3) is 0 Å². The minimum atomic E-state index is -3.50. The minimum absolute atomic E-state index is 0.211. The van der Waals surface area contributed by atoms with Crippen LogP contribution in [0.15, 0.2) is 17.2 Å². The normalized spacial score (nSPS) is 16.2. The Morgan fingerprint density at radius 1 is 1.17 bits per heavy atom. The molecule has 1 saturated heterocycles. The molecule has 136 valence electrons. The molecular formula is C17H29N3O3S. The minimum Gasteiger partial charge on any atom is -0.351 e. The third-order valence-electron chi connectivity index (χ3n) is 4.48. The lowest BCUT2D eigenvalue weighted by Crippen LogP contribution is -2.35. The molecule has 0 spiro atoms. The number of piperidine rings is 1. The van der Waals surface area contributed by atoms with Gasteiger partial charge in [-0.2, -0.15) is 4.31 Å². The maximum absolute atomic E-state index is 12.7. The number of carbonyl (C=O) groups is 1. The third kappa shape index (κ3) is 4.60. The first-order chi connectivity index (χ1) is 11.5. The Morgan fingerprint density at radius 2 is 1.88 bits per heavy atom. The lowest BCUT2D eigenvalue weighted by atomic mass is 10.2. The third-order valence-corrected chi connectivity index (χ3v) is 6.35. The molecule has 0 aliphatic carbocycles. The number of unbranched alkanes of at least 4 members (excludes halogenated alkanes) is 3. The van der Waals surface area contributed by atoms with Crippen LogP contribution < -0.4 is 5.32 Å². The van der Waals surface area contributed by atoms with Crippen LogP contribution in [-0.4, -0.2) is 42.8 Å². The summed E-state index contributed by atoms with van der Waals surface area (Å²) in [6, 6.07) is 1.49. The average molecular weight is 356 g/mol.